The number of carbonyl (C=O) groups is 4. The van der Waals surface area contributed by atoms with Crippen molar-refractivity contribution in [1.82, 2.24) is 5.32 Å². The van der Waals surface area contributed by atoms with E-state index in [0.29, 0.717) is 0 Å². The van der Waals surface area contributed by atoms with Crippen LogP contribution in [0.2, 0.25) is 0 Å². The zero-order valence-corrected chi connectivity index (χ0v) is 15.5. The fourth-order valence-electron chi connectivity index (χ4n) is 2.47. The van der Waals surface area contributed by atoms with Gasteiger partial charge in [0.05, 0.1) is 5.16 Å². The monoisotopic (exact) mass is 388 g/mol. The molecule has 0 aliphatic carbocycles. The lowest BCUT2D eigenvalue weighted by Crippen LogP contribution is -2.65. The molecule has 1 fully saturated rings. The minimum absolute atomic E-state index is 0.290. The van der Waals surface area contributed by atoms with Crippen molar-refractivity contribution in [2.24, 2.45) is 4.99 Å². The summed E-state index contributed by atoms with van der Waals surface area (Å²) >= 11 is 4.58. The number of carbonyl (C=O) groups excluding carboxylic acids is 4. The lowest BCUT2D eigenvalue weighted by molar-refractivity contribution is -0.222. The van der Waals surface area contributed by atoms with Crippen LogP contribution in [0.5, 0.6) is 0 Å². The van der Waals surface area contributed by atoms with Crippen LogP contribution in [0.25, 0.3) is 0 Å². The maximum Gasteiger partial charge on any atom is 0.303 e. The topological polar surface area (TPSA) is 130 Å². The van der Waals surface area contributed by atoms with Gasteiger partial charge in [0.25, 0.3) is 0 Å². The predicted octanol–water partition coefficient (Wildman–Crippen LogP) is -0.255. The highest BCUT2D eigenvalue weighted by Crippen LogP contribution is 2.27. The third kappa shape index (κ3) is 6.51. The molecule has 1 heterocycles. The van der Waals surface area contributed by atoms with E-state index in [1.54, 1.807) is 0 Å². The van der Waals surface area contributed by atoms with Gasteiger partial charge in [-0.3, -0.25) is 19.2 Å². The first-order valence-corrected chi connectivity index (χ1v) is 8.03. The van der Waals surface area contributed by atoms with Gasteiger partial charge in [-0.25, -0.2) is 0 Å². The first-order valence-electron chi connectivity index (χ1n) is 7.63. The normalized spacial score (nSPS) is 27.5. The molecule has 1 amide bonds. The number of amides is 1. The number of hydrogen-bond donors (Lipinski definition) is 1. The van der Waals surface area contributed by atoms with E-state index in [2.05, 4.69) is 27.7 Å². The molecule has 0 unspecified atom stereocenters. The molecule has 0 saturated carbocycles. The number of thiocarbonyl (C=S) groups is 1. The summed E-state index contributed by atoms with van der Waals surface area (Å²) in [6.45, 7) is 4.46. The molecule has 144 valence electrons. The molecule has 0 aromatic carbocycles. The van der Waals surface area contributed by atoms with E-state index in [9.17, 15) is 19.2 Å². The Kier molecular flexibility index (Phi) is 8.30. The number of hydrogen-bond acceptors (Lipinski definition) is 10. The molecule has 1 N–H and O–H groups in total. The van der Waals surface area contributed by atoms with Crippen molar-refractivity contribution in [2.75, 3.05) is 6.61 Å². The molecular formula is C15H20N2O8S. The van der Waals surface area contributed by atoms with Gasteiger partial charge < -0.3 is 24.3 Å². The van der Waals surface area contributed by atoms with Gasteiger partial charge in [-0.15, -0.1) is 0 Å². The lowest BCUT2D eigenvalue weighted by atomic mass is 9.95. The highest BCUT2D eigenvalue weighted by Gasteiger charge is 2.50. The summed E-state index contributed by atoms with van der Waals surface area (Å²) < 4.78 is 21.1. The van der Waals surface area contributed by atoms with E-state index in [-0.39, 0.29) is 6.61 Å². The predicted molar refractivity (Wildman–Crippen MR) is 89.0 cm³/mol. The van der Waals surface area contributed by atoms with E-state index in [0.717, 1.165) is 13.8 Å². The average molecular weight is 388 g/mol. The van der Waals surface area contributed by atoms with Crippen LogP contribution in [-0.2, 0) is 38.1 Å². The van der Waals surface area contributed by atoms with Gasteiger partial charge in [0.2, 0.25) is 5.91 Å². The van der Waals surface area contributed by atoms with Crippen LogP contribution in [0.4, 0.5) is 0 Å². The van der Waals surface area contributed by atoms with Gasteiger partial charge in [-0.05, 0) is 12.2 Å². The van der Waals surface area contributed by atoms with E-state index in [4.69, 9.17) is 18.9 Å². The summed E-state index contributed by atoms with van der Waals surface area (Å²) in [5.41, 5.74) is 0. The van der Waals surface area contributed by atoms with Crippen molar-refractivity contribution >= 4 is 41.2 Å². The third-order valence-electron chi connectivity index (χ3n) is 3.27. The Morgan fingerprint density at radius 1 is 1.04 bits per heavy atom. The van der Waals surface area contributed by atoms with Gasteiger partial charge in [0.15, 0.2) is 18.4 Å². The molecule has 10 nitrogen and oxygen atoms in total. The van der Waals surface area contributed by atoms with Crippen LogP contribution in [-0.4, -0.2) is 66.2 Å². The number of rotatable bonds is 6. The largest absolute Gasteiger partial charge is 0.463 e. The van der Waals surface area contributed by atoms with Crippen LogP contribution in [0.15, 0.2) is 4.99 Å². The first kappa shape index (κ1) is 21.7. The van der Waals surface area contributed by atoms with E-state index in [1.165, 1.54) is 13.8 Å². The Labute approximate surface area is 155 Å². The number of aliphatic imine (C=N–C) groups is 1. The van der Waals surface area contributed by atoms with Crippen LogP contribution in [0, 0.1) is 0 Å². The second kappa shape index (κ2) is 9.95. The fourth-order valence-corrected chi connectivity index (χ4v) is 2.57. The standard InChI is InChI=1S/C15H20N2O8S/c1-7(18)17-12-14(24-10(4)21)13(23-9(3)20)11(5-22-8(2)19)25-15(12)16-6-26/h11-15H,5H2,1-4H3,(H,17,18)/t11-,12-,13+,14+,15-/m0/s1. The Morgan fingerprint density at radius 3 is 2.08 bits per heavy atom. The molecule has 1 saturated heterocycles. The molecule has 0 spiro atoms. The van der Waals surface area contributed by atoms with Crippen molar-refractivity contribution in [3.63, 3.8) is 0 Å². The summed E-state index contributed by atoms with van der Waals surface area (Å²) in [6.07, 6.45) is -4.39. The molecule has 26 heavy (non-hydrogen) atoms. The number of ether oxygens (including phenoxy) is 4. The number of nitrogens with zero attached hydrogens (tertiary/aromatic N) is 1. The highest BCUT2D eigenvalue weighted by molar-refractivity contribution is 7.78. The minimum Gasteiger partial charge on any atom is -0.463 e. The Morgan fingerprint density at radius 2 is 1.62 bits per heavy atom. The van der Waals surface area contributed by atoms with Gasteiger partial charge in [0.1, 0.15) is 18.8 Å². The number of nitrogens with one attached hydrogen (secondary N) is 1. The summed E-state index contributed by atoms with van der Waals surface area (Å²) in [5.74, 6) is -2.40. The lowest BCUT2D eigenvalue weighted by Gasteiger charge is -2.43. The molecule has 11 heteroatoms. The van der Waals surface area contributed by atoms with Crippen molar-refractivity contribution in [3.8, 4) is 0 Å². The fraction of sp³-hybridized carbons (Fsp3) is 0.667. The van der Waals surface area contributed by atoms with E-state index >= 15 is 0 Å². The van der Waals surface area contributed by atoms with E-state index in [1.807, 2.05) is 0 Å². The summed E-state index contributed by atoms with van der Waals surface area (Å²) in [5, 5.41) is 4.67. The zero-order valence-electron chi connectivity index (χ0n) is 14.7. The second-order valence-electron chi connectivity index (χ2n) is 5.46. The van der Waals surface area contributed by atoms with Crippen LogP contribution in [0.1, 0.15) is 27.7 Å². The van der Waals surface area contributed by atoms with Crippen LogP contribution >= 0.6 is 12.2 Å². The van der Waals surface area contributed by atoms with Crippen molar-refractivity contribution in [2.45, 2.75) is 58.3 Å². The molecule has 0 bridgehead atoms. The maximum atomic E-state index is 11.5. The number of isothiocyanates is 1. The molecule has 1 aliphatic heterocycles. The van der Waals surface area contributed by atoms with Gasteiger partial charge in [-0.2, -0.15) is 4.99 Å². The Bertz CT molecular complexity index is 619. The van der Waals surface area contributed by atoms with Crippen LogP contribution < -0.4 is 5.32 Å². The molecule has 0 aromatic rings. The highest BCUT2D eigenvalue weighted by atomic mass is 32.1. The van der Waals surface area contributed by atoms with Gasteiger partial charge in [0, 0.05) is 27.7 Å². The molecule has 0 radical (unpaired) electrons. The average Bonchev–Trinajstić information content (AvgIpc) is 2.50. The van der Waals surface area contributed by atoms with Crippen molar-refractivity contribution in [3.05, 3.63) is 0 Å². The number of esters is 3. The van der Waals surface area contributed by atoms with Gasteiger partial charge >= 0.3 is 17.9 Å². The second-order valence-corrected chi connectivity index (χ2v) is 5.65. The molecular weight excluding hydrogens is 368 g/mol. The quantitative estimate of drug-likeness (QED) is 0.283. The van der Waals surface area contributed by atoms with Gasteiger partial charge in [-0.1, -0.05) is 0 Å². The maximum absolute atomic E-state index is 11.5. The molecule has 1 rings (SSSR count). The first-order chi connectivity index (χ1) is 12.1. The summed E-state index contributed by atoms with van der Waals surface area (Å²) in [4.78, 5) is 49.5. The van der Waals surface area contributed by atoms with Crippen LogP contribution in [0.3, 0.4) is 0 Å². The molecule has 5 atom stereocenters. The third-order valence-corrected chi connectivity index (χ3v) is 3.38. The van der Waals surface area contributed by atoms with E-state index < -0.39 is 54.4 Å². The summed E-state index contributed by atoms with van der Waals surface area (Å²) in [7, 11) is 0. The van der Waals surface area contributed by atoms with Crippen molar-refractivity contribution < 1.29 is 38.1 Å². The SMILES string of the molecule is CC(=O)N[C@H]1[C@@H](OC(C)=O)[C@H](OC(C)=O)[C@H](COC(C)=O)O[C@@H]1N=C=S. The molecule has 0 aromatic heterocycles. The zero-order chi connectivity index (χ0) is 19.9. The Balaban J connectivity index is 3.28. The summed E-state index contributed by atoms with van der Waals surface area (Å²) in [6, 6.07) is -0.996. The molecule has 1 aliphatic rings. The smallest absolute Gasteiger partial charge is 0.303 e. The minimum atomic E-state index is -1.15. The van der Waals surface area contributed by atoms with Crippen molar-refractivity contribution in [1.29, 1.82) is 0 Å². The Hall–Kier alpha value is -2.36.